The lowest BCUT2D eigenvalue weighted by Gasteiger charge is -2.41. The molecule has 16 rings (SSSR count). The minimum atomic E-state index is 0.608. The summed E-state index contributed by atoms with van der Waals surface area (Å²) < 4.78 is 6.46. The van der Waals surface area contributed by atoms with Crippen LogP contribution in [-0.2, 0) is 17.6 Å². The molecule has 6 aromatic carbocycles. The number of benzene rings is 6. The first kappa shape index (κ1) is 104. The number of unbranched alkanes of at least 4 members (excludes halogenated alkanes) is 6. The largest absolute Gasteiger partial charge is 0.384 e. The molecule has 6 aliphatic rings. The molecule has 6 atom stereocenters. The lowest BCUT2D eigenvalue weighted by molar-refractivity contribution is 0.0385. The molecule has 15 nitrogen and oxygen atoms in total. The van der Waals surface area contributed by atoms with Gasteiger partial charge in [-0.15, -0.1) is 0 Å². The smallest absolute Gasteiger partial charge is 0.0737 e. The van der Waals surface area contributed by atoms with Gasteiger partial charge < -0.3 is 45.6 Å². The molecule has 4 N–H and O–H groups in total. The van der Waals surface area contributed by atoms with E-state index in [4.69, 9.17) is 39.5 Å². The number of rotatable bonds is 42. The van der Waals surface area contributed by atoms with Crippen LogP contribution in [0.25, 0.3) is 43.6 Å². The summed E-state index contributed by atoms with van der Waals surface area (Å²) in [5.74, 6) is 3.13. The third kappa shape index (κ3) is 37.3. The fourth-order valence-electron chi connectivity index (χ4n) is 21.3. The Balaban J connectivity index is 0.000000154. The molecule has 0 saturated carbocycles. The first-order chi connectivity index (χ1) is 64.7. The van der Waals surface area contributed by atoms with E-state index in [1.807, 2.05) is 67.0 Å². The van der Waals surface area contributed by atoms with E-state index >= 15 is 0 Å². The number of likely N-dealkylation sites (tertiary alicyclic amines) is 6. The SMILES string of the molecule is C[C@H]1C[C@H](C)CN(C(CCCc2ccc(Cl)cc2)CCOCCC(CCCc2ccc(Cl)cc2)N2C[C@@H](C)C[C@H](C)C2)C1.Cc1cc(NCCCCCCN2CCCCC2)c2ccccc2n1.Cc1cc(NCCCN2CCCCC2)c2ccccc2n1.Clc1ccc2c(NCCCN3CCCCC3)ccnc2c1.c1ccc2c(NCCCCCCN3CCCCC3)ccnc2c1. The van der Waals surface area contributed by atoms with E-state index in [1.54, 1.807) is 0 Å². The predicted molar refractivity (Wildman–Crippen MR) is 568 cm³/mol. The highest BCUT2D eigenvalue weighted by molar-refractivity contribution is 6.31. The van der Waals surface area contributed by atoms with Crippen LogP contribution in [0.5, 0.6) is 0 Å². The van der Waals surface area contributed by atoms with Gasteiger partial charge in [0.25, 0.3) is 0 Å². The molecule has 718 valence electrons. The van der Waals surface area contributed by atoms with Gasteiger partial charge in [-0.2, -0.15) is 0 Å². The summed E-state index contributed by atoms with van der Waals surface area (Å²) in [6, 6.07) is 57.4. The van der Waals surface area contributed by atoms with E-state index in [0.717, 1.165) is 148 Å². The van der Waals surface area contributed by atoms with Crippen molar-refractivity contribution in [2.75, 3.05) is 165 Å². The molecule has 0 radical (unpaired) electrons. The summed E-state index contributed by atoms with van der Waals surface area (Å²) in [5.41, 5.74) is 13.9. The van der Waals surface area contributed by atoms with Gasteiger partial charge in [-0.25, -0.2) is 0 Å². The number of piperidine rings is 6. The average Bonchev–Trinajstić information content (AvgIpc) is 0.819. The number of pyridine rings is 4. The number of aryl methyl sites for hydroxylation is 4. The molecule has 0 spiro atoms. The fraction of sp³-hybridized carbons (Fsp3) is 0.579. The zero-order chi connectivity index (χ0) is 92.0. The van der Waals surface area contributed by atoms with Crippen molar-refractivity contribution in [2.24, 2.45) is 23.7 Å². The van der Waals surface area contributed by atoms with Gasteiger partial charge in [0.1, 0.15) is 0 Å². The molecule has 0 bridgehead atoms. The van der Waals surface area contributed by atoms with Crippen molar-refractivity contribution >= 4 is 101 Å². The molecule has 10 aromatic rings. The third-order valence-corrected chi connectivity index (χ3v) is 28.8. The van der Waals surface area contributed by atoms with Crippen molar-refractivity contribution in [2.45, 2.75) is 259 Å². The summed E-state index contributed by atoms with van der Waals surface area (Å²) in [6.45, 7) is 40.1. The lowest BCUT2D eigenvalue weighted by Crippen LogP contribution is -2.46. The number of halogens is 3. The van der Waals surface area contributed by atoms with Gasteiger partial charge in [0, 0.05) is 161 Å². The standard InChI is InChI=1S/C38H58Cl2N2O.C21H31N3.C20H29N3.C18H25N3.C17H22ClN3/c1-29-23-30(2)26-41(25-29)37(9-5-7-33-11-15-35(39)16-12-33)19-21-43-22-20-38(42-27-31(3)24-32(4)28-42)10-6-8-34-13-17-36(40)18-14-34;1-18-17-21(19-11-5-6-12-20(19)23-18)22-13-7-2-3-8-14-24-15-9-4-10-16-24;1(2-7-15-23-16-8-3-9-17-23)6-13-21-20-12-14-22-19-11-5-4-10-18(19)20;1-15-14-18(16-8-3-4-9-17(16)20-15)19-10-7-13-21-11-5-2-6-12-21;18-14-5-6-15-16(7-9-20-17(15)13-14)19-8-4-12-21-10-2-1-3-11-21/h11-18,29-32,37-38H,5-10,19-28H2,1-4H3;5-6,11-12,17H,2-4,7-10,13-16H2,1H3,(H,22,23);4-5,10-12,14H,1-3,6-9,13,15-17H2,(H,21,22);3-4,8-9,14H,2,5-7,10-13H2,1H3,(H,19,20);5-7,9,13H,1-4,8,10-12H2,(H,19,20)/t29-,30-,31-,32-,37?,38?;;;;/m0..../s1. The highest BCUT2D eigenvalue weighted by Gasteiger charge is 2.30. The van der Waals surface area contributed by atoms with Crippen LogP contribution in [0.1, 0.15) is 243 Å². The Labute approximate surface area is 811 Å². The van der Waals surface area contributed by atoms with Crippen molar-refractivity contribution in [1.82, 2.24) is 49.3 Å². The van der Waals surface area contributed by atoms with Crippen LogP contribution in [0.15, 0.2) is 176 Å². The first-order valence-corrected chi connectivity index (χ1v) is 53.3. The summed E-state index contributed by atoms with van der Waals surface area (Å²) >= 11 is 18.2. The number of hydrogen-bond donors (Lipinski definition) is 4. The van der Waals surface area contributed by atoms with Crippen molar-refractivity contribution in [3.05, 3.63) is 214 Å². The number of aromatic nitrogens is 4. The maximum atomic E-state index is 6.46. The van der Waals surface area contributed by atoms with E-state index in [9.17, 15) is 0 Å². The molecular weight excluding hydrogens is 1690 g/mol. The minimum Gasteiger partial charge on any atom is -0.384 e. The number of anilines is 4. The number of hydrogen-bond acceptors (Lipinski definition) is 15. The molecule has 18 heteroatoms. The second kappa shape index (κ2) is 59.0. The quantitative estimate of drug-likeness (QED) is 0.0271. The maximum absolute atomic E-state index is 6.46. The normalized spacial score (nSPS) is 18.9. The molecule has 0 amide bonds. The highest BCUT2D eigenvalue weighted by atomic mass is 35.5. The lowest BCUT2D eigenvalue weighted by atomic mass is 9.89. The van der Waals surface area contributed by atoms with E-state index in [1.165, 1.54) is 329 Å². The van der Waals surface area contributed by atoms with Crippen LogP contribution < -0.4 is 21.3 Å². The number of nitrogens with zero attached hydrogens (tertiary/aromatic N) is 10. The molecule has 6 aliphatic heterocycles. The third-order valence-electron chi connectivity index (χ3n) is 28.1. The van der Waals surface area contributed by atoms with Gasteiger partial charge >= 0.3 is 0 Å². The molecule has 2 unspecified atom stereocenters. The Morgan fingerprint density at radius 1 is 0.326 bits per heavy atom. The zero-order valence-corrected chi connectivity index (χ0v) is 84.2. The van der Waals surface area contributed by atoms with Crippen LogP contribution in [0.4, 0.5) is 22.7 Å². The van der Waals surface area contributed by atoms with Crippen LogP contribution in [-0.4, -0.2) is 206 Å². The molecule has 6 saturated heterocycles. The van der Waals surface area contributed by atoms with Gasteiger partial charge in [0.2, 0.25) is 0 Å². The van der Waals surface area contributed by atoms with E-state index in [-0.39, 0.29) is 0 Å². The topological polar surface area (TPSA) is 128 Å². The number of para-hydroxylation sites is 3. The summed E-state index contributed by atoms with van der Waals surface area (Å²) in [5, 5.41) is 21.5. The Bertz CT molecular complexity index is 4720. The fourth-order valence-corrected chi connectivity index (χ4v) is 21.7. The Hall–Kier alpha value is -7.25. The Kier molecular flexibility index (Phi) is 46.3. The van der Waals surface area contributed by atoms with E-state index in [0.29, 0.717) is 12.1 Å². The molecule has 6 fully saturated rings. The van der Waals surface area contributed by atoms with Gasteiger partial charge in [-0.3, -0.25) is 29.7 Å². The molecule has 0 aliphatic carbocycles. The Morgan fingerprint density at radius 3 is 1.07 bits per heavy atom. The van der Waals surface area contributed by atoms with Crippen LogP contribution in [0, 0.1) is 37.5 Å². The molecule has 10 heterocycles. The highest BCUT2D eigenvalue weighted by Crippen LogP contribution is 2.32. The first-order valence-electron chi connectivity index (χ1n) is 52.2. The average molecular weight is 1850 g/mol. The monoisotopic (exact) mass is 1850 g/mol. The zero-order valence-electron chi connectivity index (χ0n) is 81.9. The molecular formula is C114H165Cl3N14O. The van der Waals surface area contributed by atoms with Crippen molar-refractivity contribution < 1.29 is 4.74 Å². The molecule has 4 aromatic heterocycles. The second-order valence-corrected chi connectivity index (χ2v) is 41.0. The van der Waals surface area contributed by atoms with E-state index in [2.05, 4.69) is 221 Å². The van der Waals surface area contributed by atoms with Crippen molar-refractivity contribution in [3.8, 4) is 0 Å². The van der Waals surface area contributed by atoms with Gasteiger partial charge in [-0.05, 0) is 366 Å². The van der Waals surface area contributed by atoms with E-state index < -0.39 is 0 Å². The minimum absolute atomic E-state index is 0.608. The van der Waals surface area contributed by atoms with Gasteiger partial charge in [0.05, 0.1) is 22.1 Å². The molecule has 132 heavy (non-hydrogen) atoms. The van der Waals surface area contributed by atoms with Crippen molar-refractivity contribution in [1.29, 1.82) is 0 Å². The van der Waals surface area contributed by atoms with Crippen molar-refractivity contribution in [3.63, 3.8) is 0 Å². The summed E-state index contributed by atoms with van der Waals surface area (Å²) in [6.07, 6.45) is 45.6. The predicted octanol–water partition coefficient (Wildman–Crippen LogP) is 27.5. The maximum Gasteiger partial charge on any atom is 0.0737 e. The van der Waals surface area contributed by atoms with Crippen LogP contribution in [0.2, 0.25) is 15.1 Å². The van der Waals surface area contributed by atoms with Crippen LogP contribution >= 0.6 is 34.8 Å². The van der Waals surface area contributed by atoms with Gasteiger partial charge in [0.15, 0.2) is 0 Å². The summed E-state index contributed by atoms with van der Waals surface area (Å²) in [7, 11) is 0. The second-order valence-electron chi connectivity index (χ2n) is 39.7. The number of ether oxygens (including phenoxy) is 1. The Morgan fingerprint density at radius 2 is 0.659 bits per heavy atom. The van der Waals surface area contributed by atoms with Gasteiger partial charge in [-0.1, -0.05) is 193 Å². The summed E-state index contributed by atoms with van der Waals surface area (Å²) in [4.78, 5) is 34.0. The number of fused-ring (bicyclic) bond motifs is 4. The van der Waals surface area contributed by atoms with Crippen LogP contribution in [0.3, 0.4) is 0 Å². The number of nitrogens with one attached hydrogen (secondary N) is 4.